The first-order chi connectivity index (χ1) is 20.3. The summed E-state index contributed by atoms with van der Waals surface area (Å²) in [5.74, 6) is -2.42. The van der Waals surface area contributed by atoms with E-state index in [1.54, 1.807) is 54.6 Å². The van der Waals surface area contributed by atoms with Crippen LogP contribution in [0.1, 0.15) is 90.4 Å². The van der Waals surface area contributed by atoms with Crippen LogP contribution in [0, 0.1) is 0 Å². The Labute approximate surface area is 264 Å². The van der Waals surface area contributed by atoms with E-state index in [9.17, 15) is 29.7 Å². The first kappa shape index (κ1) is 39.0. The van der Waals surface area contributed by atoms with Gasteiger partial charge in [-0.05, 0) is 55.7 Å². The SMILES string of the molecule is CCCCOc1ccccc1C(=O)[O-].CCCCOc1ccccc1C(=O)[O-].CCCCOc1ccccc1C(=O)[O-].[Cr+3]. The van der Waals surface area contributed by atoms with E-state index in [4.69, 9.17) is 14.2 Å². The predicted molar refractivity (Wildman–Crippen MR) is 154 cm³/mol. The third-order valence-corrected chi connectivity index (χ3v) is 5.59. The maximum atomic E-state index is 10.7. The molecule has 1 radical (unpaired) electrons. The summed E-state index contributed by atoms with van der Waals surface area (Å²) in [7, 11) is 0. The van der Waals surface area contributed by atoms with Crippen molar-refractivity contribution in [3.05, 3.63) is 89.5 Å². The molecule has 0 aliphatic rings. The minimum Gasteiger partial charge on any atom is -0.545 e. The molecule has 43 heavy (non-hydrogen) atoms. The number of rotatable bonds is 15. The van der Waals surface area contributed by atoms with E-state index in [0.29, 0.717) is 37.1 Å². The van der Waals surface area contributed by atoms with Gasteiger partial charge in [-0.3, -0.25) is 0 Å². The molecule has 0 aliphatic heterocycles. The quantitative estimate of drug-likeness (QED) is 0.229. The van der Waals surface area contributed by atoms with Crippen molar-refractivity contribution in [3.8, 4) is 17.2 Å². The number of para-hydroxylation sites is 3. The molecule has 0 amide bonds. The van der Waals surface area contributed by atoms with Crippen LogP contribution in [0.15, 0.2) is 72.8 Å². The zero-order valence-electron chi connectivity index (χ0n) is 24.9. The van der Waals surface area contributed by atoms with Crippen molar-refractivity contribution >= 4 is 17.9 Å². The summed E-state index contributed by atoms with van der Waals surface area (Å²) < 4.78 is 16.0. The van der Waals surface area contributed by atoms with Crippen molar-refractivity contribution in [2.24, 2.45) is 0 Å². The molecule has 0 N–H and O–H groups in total. The number of carbonyl (C=O) groups is 3. The van der Waals surface area contributed by atoms with Gasteiger partial charge in [0.2, 0.25) is 0 Å². The van der Waals surface area contributed by atoms with E-state index in [1.165, 1.54) is 18.2 Å². The van der Waals surface area contributed by atoms with E-state index in [0.717, 1.165) is 38.5 Å². The third kappa shape index (κ3) is 15.7. The minimum absolute atomic E-state index is 0. The van der Waals surface area contributed by atoms with E-state index >= 15 is 0 Å². The number of benzene rings is 3. The molecule has 3 rings (SSSR count). The number of carbonyl (C=O) groups excluding carboxylic acids is 3. The number of hydrogen-bond donors (Lipinski definition) is 0. The maximum Gasteiger partial charge on any atom is 3.00 e. The van der Waals surface area contributed by atoms with Gasteiger partial charge in [0, 0.05) is 16.7 Å². The summed E-state index contributed by atoms with van der Waals surface area (Å²) in [5, 5.41) is 32.0. The summed E-state index contributed by atoms with van der Waals surface area (Å²) in [6.07, 6.45) is 5.82. The van der Waals surface area contributed by atoms with Gasteiger partial charge in [-0.15, -0.1) is 0 Å². The number of carboxylic acid groups (broad SMARTS) is 3. The van der Waals surface area contributed by atoms with Crippen molar-refractivity contribution in [3.63, 3.8) is 0 Å². The molecular weight excluding hydrogens is 592 g/mol. The largest absolute Gasteiger partial charge is 3.00 e. The van der Waals surface area contributed by atoms with Crippen LogP contribution in [0.3, 0.4) is 0 Å². The van der Waals surface area contributed by atoms with Crippen LogP contribution in [0.2, 0.25) is 0 Å². The van der Waals surface area contributed by atoms with E-state index in [1.807, 2.05) is 20.8 Å². The van der Waals surface area contributed by atoms with Crippen molar-refractivity contribution < 1.29 is 61.3 Å². The Hall–Kier alpha value is -4.00. The molecule has 231 valence electrons. The Morgan fingerprint density at radius 1 is 0.488 bits per heavy atom. The van der Waals surface area contributed by atoms with Crippen molar-refractivity contribution in [2.45, 2.75) is 59.3 Å². The van der Waals surface area contributed by atoms with Crippen LogP contribution in [-0.4, -0.2) is 37.7 Å². The van der Waals surface area contributed by atoms with Crippen LogP contribution in [0.25, 0.3) is 0 Å². The first-order valence-electron chi connectivity index (χ1n) is 14.1. The van der Waals surface area contributed by atoms with Gasteiger partial charge < -0.3 is 43.9 Å². The summed E-state index contributed by atoms with van der Waals surface area (Å²) in [4.78, 5) is 32.0. The van der Waals surface area contributed by atoms with Crippen molar-refractivity contribution in [1.82, 2.24) is 0 Å². The van der Waals surface area contributed by atoms with Gasteiger partial charge >= 0.3 is 17.4 Å². The van der Waals surface area contributed by atoms with E-state index < -0.39 is 17.9 Å². The number of hydrogen-bond acceptors (Lipinski definition) is 9. The van der Waals surface area contributed by atoms with Gasteiger partial charge in [-0.25, -0.2) is 0 Å². The smallest absolute Gasteiger partial charge is 0.545 e. The Morgan fingerprint density at radius 3 is 0.930 bits per heavy atom. The molecular formula is C33H39CrO9. The van der Waals surface area contributed by atoms with Crippen LogP contribution in [0.5, 0.6) is 17.2 Å². The minimum atomic E-state index is -1.20. The standard InChI is InChI=1S/3C11H14O3.Cr/c3*1-2-3-8-14-10-7-5-4-6-9(10)11(12)13;/h3*4-7H,2-3,8H2,1H3,(H,12,13);/q;;;+3/p-3. The average molecular weight is 632 g/mol. The number of aromatic carboxylic acids is 3. The monoisotopic (exact) mass is 631 g/mol. The molecule has 0 heterocycles. The summed E-state index contributed by atoms with van der Waals surface area (Å²) in [6, 6.07) is 19.6. The van der Waals surface area contributed by atoms with E-state index in [-0.39, 0.29) is 34.1 Å². The number of carboxylic acids is 3. The second kappa shape index (κ2) is 23.6. The molecule has 0 spiro atoms. The Balaban J connectivity index is 0.000000608. The first-order valence-corrected chi connectivity index (χ1v) is 14.1. The normalized spacial score (nSPS) is 9.56. The molecule has 0 saturated heterocycles. The van der Waals surface area contributed by atoms with Gasteiger partial charge in [0.05, 0.1) is 37.7 Å². The molecule has 3 aromatic carbocycles. The van der Waals surface area contributed by atoms with Gasteiger partial charge in [0.25, 0.3) is 0 Å². The molecule has 9 nitrogen and oxygen atoms in total. The van der Waals surface area contributed by atoms with Crippen LogP contribution in [0.4, 0.5) is 0 Å². The zero-order valence-corrected chi connectivity index (χ0v) is 26.1. The number of ether oxygens (including phenoxy) is 3. The molecule has 0 saturated carbocycles. The Morgan fingerprint density at radius 2 is 0.721 bits per heavy atom. The van der Waals surface area contributed by atoms with E-state index in [2.05, 4.69) is 0 Å². The molecule has 0 aliphatic carbocycles. The predicted octanol–water partition coefficient (Wildman–Crippen LogP) is 3.68. The fourth-order valence-electron chi connectivity index (χ4n) is 3.26. The Kier molecular flexibility index (Phi) is 21.4. The Bertz CT molecular complexity index is 1080. The van der Waals surface area contributed by atoms with Gasteiger partial charge in [0.15, 0.2) is 0 Å². The number of unbranched alkanes of at least 4 members (excludes halogenated alkanes) is 3. The summed E-state index contributed by atoms with van der Waals surface area (Å²) in [6.45, 7) is 7.78. The molecule has 0 unspecified atom stereocenters. The van der Waals surface area contributed by atoms with Gasteiger partial charge in [-0.1, -0.05) is 76.4 Å². The van der Waals surface area contributed by atoms with Crippen LogP contribution < -0.4 is 29.5 Å². The second-order valence-electron chi connectivity index (χ2n) is 8.96. The average Bonchev–Trinajstić information content (AvgIpc) is 2.99. The molecule has 10 heteroatoms. The second-order valence-corrected chi connectivity index (χ2v) is 8.96. The maximum absolute atomic E-state index is 10.7. The van der Waals surface area contributed by atoms with Crippen LogP contribution >= 0.6 is 0 Å². The van der Waals surface area contributed by atoms with Crippen molar-refractivity contribution in [2.75, 3.05) is 19.8 Å². The zero-order chi connectivity index (χ0) is 31.2. The third-order valence-electron chi connectivity index (χ3n) is 5.59. The molecule has 3 aromatic rings. The van der Waals surface area contributed by atoms with Crippen molar-refractivity contribution in [1.29, 1.82) is 0 Å². The topological polar surface area (TPSA) is 148 Å². The van der Waals surface area contributed by atoms with Crippen LogP contribution in [-0.2, 0) is 17.4 Å². The summed E-state index contributed by atoms with van der Waals surface area (Å²) >= 11 is 0. The fourth-order valence-corrected chi connectivity index (χ4v) is 3.26. The fraction of sp³-hybridized carbons (Fsp3) is 0.364. The van der Waals surface area contributed by atoms with Gasteiger partial charge in [-0.2, -0.15) is 0 Å². The molecule has 0 atom stereocenters. The molecule has 0 aromatic heterocycles. The molecule has 0 fully saturated rings. The summed E-state index contributed by atoms with van der Waals surface area (Å²) in [5.41, 5.74) is 0.343. The molecule has 0 bridgehead atoms. The van der Waals surface area contributed by atoms with Gasteiger partial charge in [0.1, 0.15) is 17.2 Å².